The van der Waals surface area contributed by atoms with Gasteiger partial charge < -0.3 is 9.15 Å². The number of hydrogen-bond acceptors (Lipinski definition) is 4. The molecule has 4 nitrogen and oxygen atoms in total. The Morgan fingerprint density at radius 1 is 1.39 bits per heavy atom. The monoisotopic (exact) mass is 265 g/mol. The van der Waals surface area contributed by atoms with E-state index in [-0.39, 0.29) is 22.9 Å². The molecule has 2 aromatic rings. The van der Waals surface area contributed by atoms with E-state index in [1.54, 1.807) is 12.3 Å². The maximum absolute atomic E-state index is 12.0. The van der Waals surface area contributed by atoms with Gasteiger partial charge in [0.15, 0.2) is 11.0 Å². The number of carbonyl (C=O) groups excluding carboxylic acids is 1. The van der Waals surface area contributed by atoms with Crippen molar-refractivity contribution < 1.29 is 13.9 Å². The third-order valence-corrected chi connectivity index (χ3v) is 2.35. The number of hydrogen-bond donors (Lipinski definition) is 0. The largest absolute Gasteiger partial charge is 0.489 e. The quantitative estimate of drug-likeness (QED) is 0.796. The van der Waals surface area contributed by atoms with Gasteiger partial charge in [-0.25, -0.2) is 0 Å². The number of furan rings is 1. The summed E-state index contributed by atoms with van der Waals surface area (Å²) < 4.78 is 10.5. The molecule has 0 saturated heterocycles. The second-order valence-corrected chi connectivity index (χ2v) is 4.38. The van der Waals surface area contributed by atoms with Gasteiger partial charge in [0.2, 0.25) is 5.78 Å². The maximum atomic E-state index is 12.0. The van der Waals surface area contributed by atoms with Crippen molar-refractivity contribution in [3.05, 3.63) is 47.1 Å². The maximum Gasteiger partial charge on any atom is 0.229 e. The number of ether oxygens (including phenoxy) is 1. The standard InChI is InChI=1S/C13H12ClNO3/c1-8(2)17-10-5-9(6-15-7-10)13(16)11-3-4-12(14)18-11/h3-8H,1-2H3. The molecule has 0 saturated carbocycles. The molecule has 0 radical (unpaired) electrons. The fourth-order valence-corrected chi connectivity index (χ4v) is 1.60. The summed E-state index contributed by atoms with van der Waals surface area (Å²) in [6, 6.07) is 4.68. The van der Waals surface area contributed by atoms with Gasteiger partial charge >= 0.3 is 0 Å². The highest BCUT2D eigenvalue weighted by Gasteiger charge is 2.14. The number of ketones is 1. The molecule has 0 aromatic carbocycles. The number of rotatable bonds is 4. The fraction of sp³-hybridized carbons (Fsp3) is 0.231. The Morgan fingerprint density at radius 2 is 2.17 bits per heavy atom. The lowest BCUT2D eigenvalue weighted by molar-refractivity contribution is 0.101. The van der Waals surface area contributed by atoms with E-state index < -0.39 is 0 Å². The highest BCUT2D eigenvalue weighted by molar-refractivity contribution is 6.29. The average molecular weight is 266 g/mol. The van der Waals surface area contributed by atoms with Crippen LogP contribution in [-0.4, -0.2) is 16.9 Å². The van der Waals surface area contributed by atoms with Crippen LogP contribution in [0, 0.1) is 0 Å². The Morgan fingerprint density at radius 3 is 2.78 bits per heavy atom. The van der Waals surface area contributed by atoms with E-state index in [0.717, 1.165) is 0 Å². The first kappa shape index (κ1) is 12.6. The van der Waals surface area contributed by atoms with Crippen LogP contribution in [-0.2, 0) is 0 Å². The Balaban J connectivity index is 2.25. The van der Waals surface area contributed by atoms with Gasteiger partial charge in [-0.2, -0.15) is 0 Å². The summed E-state index contributed by atoms with van der Waals surface area (Å²) in [6.07, 6.45) is 3.05. The molecule has 0 spiro atoms. The summed E-state index contributed by atoms with van der Waals surface area (Å²) in [6.45, 7) is 3.81. The topological polar surface area (TPSA) is 52.3 Å². The van der Waals surface area contributed by atoms with Crippen molar-refractivity contribution in [1.82, 2.24) is 4.98 Å². The number of carbonyl (C=O) groups is 1. The van der Waals surface area contributed by atoms with Gasteiger partial charge in [0, 0.05) is 11.8 Å². The van der Waals surface area contributed by atoms with Crippen LogP contribution in [0.5, 0.6) is 5.75 Å². The first-order valence-electron chi connectivity index (χ1n) is 5.48. The normalized spacial score (nSPS) is 10.7. The lowest BCUT2D eigenvalue weighted by Gasteiger charge is -2.09. The van der Waals surface area contributed by atoms with Crippen LogP contribution in [0.25, 0.3) is 0 Å². The van der Waals surface area contributed by atoms with E-state index in [1.165, 1.54) is 18.3 Å². The minimum Gasteiger partial charge on any atom is -0.489 e. The van der Waals surface area contributed by atoms with Gasteiger partial charge in [-0.1, -0.05) is 0 Å². The number of nitrogens with zero attached hydrogens (tertiary/aromatic N) is 1. The molecule has 0 aliphatic rings. The zero-order chi connectivity index (χ0) is 13.1. The third-order valence-electron chi connectivity index (χ3n) is 2.14. The van der Waals surface area contributed by atoms with Gasteiger partial charge in [0.1, 0.15) is 5.75 Å². The van der Waals surface area contributed by atoms with Crippen molar-refractivity contribution >= 4 is 17.4 Å². The molecule has 0 aliphatic carbocycles. The molecule has 0 aliphatic heterocycles. The summed E-state index contributed by atoms with van der Waals surface area (Å²) in [5.74, 6) is 0.459. The Bertz CT molecular complexity index is 563. The first-order chi connectivity index (χ1) is 8.56. The lowest BCUT2D eigenvalue weighted by Crippen LogP contribution is -2.07. The highest BCUT2D eigenvalue weighted by atomic mass is 35.5. The highest BCUT2D eigenvalue weighted by Crippen LogP contribution is 2.19. The summed E-state index contributed by atoms with van der Waals surface area (Å²) in [7, 11) is 0. The summed E-state index contributed by atoms with van der Waals surface area (Å²) in [4.78, 5) is 16.0. The van der Waals surface area contributed by atoms with E-state index in [9.17, 15) is 4.79 Å². The van der Waals surface area contributed by atoms with Crippen molar-refractivity contribution in [1.29, 1.82) is 0 Å². The SMILES string of the molecule is CC(C)Oc1cncc(C(=O)c2ccc(Cl)o2)c1. The molecule has 94 valence electrons. The third kappa shape index (κ3) is 2.90. The van der Waals surface area contributed by atoms with Crippen molar-refractivity contribution in [2.45, 2.75) is 20.0 Å². The van der Waals surface area contributed by atoms with Crippen molar-refractivity contribution in [3.63, 3.8) is 0 Å². The van der Waals surface area contributed by atoms with Crippen LogP contribution in [0.15, 0.2) is 35.0 Å². The van der Waals surface area contributed by atoms with E-state index in [4.69, 9.17) is 20.8 Å². The van der Waals surface area contributed by atoms with Crippen molar-refractivity contribution in [3.8, 4) is 5.75 Å². The molecule has 0 bridgehead atoms. The predicted molar refractivity (Wildman–Crippen MR) is 67.2 cm³/mol. The Labute approximate surface area is 110 Å². The van der Waals surface area contributed by atoms with Crippen molar-refractivity contribution in [2.75, 3.05) is 0 Å². The summed E-state index contributed by atoms with van der Waals surface area (Å²) in [5, 5.41) is 0.181. The first-order valence-corrected chi connectivity index (χ1v) is 5.86. The van der Waals surface area contributed by atoms with Crippen LogP contribution >= 0.6 is 11.6 Å². The number of pyridine rings is 1. The molecule has 5 heteroatoms. The van der Waals surface area contributed by atoms with E-state index in [0.29, 0.717) is 11.3 Å². The van der Waals surface area contributed by atoms with Crippen LogP contribution in [0.3, 0.4) is 0 Å². The van der Waals surface area contributed by atoms with Crippen LogP contribution < -0.4 is 4.74 Å². The Kier molecular flexibility index (Phi) is 3.67. The second kappa shape index (κ2) is 5.23. The van der Waals surface area contributed by atoms with Gasteiger partial charge in [0.25, 0.3) is 0 Å². The Hall–Kier alpha value is -1.81. The van der Waals surface area contributed by atoms with Crippen LogP contribution in [0.1, 0.15) is 30.0 Å². The van der Waals surface area contributed by atoms with E-state index in [2.05, 4.69) is 4.98 Å². The van der Waals surface area contributed by atoms with Gasteiger partial charge in [-0.3, -0.25) is 9.78 Å². The molecule has 0 amide bonds. The molecule has 2 heterocycles. The molecule has 2 aromatic heterocycles. The molecule has 18 heavy (non-hydrogen) atoms. The second-order valence-electron chi connectivity index (χ2n) is 4.01. The zero-order valence-corrected chi connectivity index (χ0v) is 10.8. The minimum atomic E-state index is -0.274. The predicted octanol–water partition coefficient (Wildman–Crippen LogP) is 3.35. The summed E-state index contributed by atoms with van der Waals surface area (Å²) in [5.41, 5.74) is 0.402. The van der Waals surface area contributed by atoms with E-state index >= 15 is 0 Å². The lowest BCUT2D eigenvalue weighted by atomic mass is 10.1. The molecule has 0 unspecified atom stereocenters. The zero-order valence-electron chi connectivity index (χ0n) is 10.0. The molecule has 0 atom stereocenters. The van der Waals surface area contributed by atoms with Crippen LogP contribution in [0.2, 0.25) is 5.22 Å². The fourth-order valence-electron chi connectivity index (χ4n) is 1.46. The molecular formula is C13H12ClNO3. The molecule has 2 rings (SSSR count). The van der Waals surface area contributed by atoms with Gasteiger partial charge in [-0.15, -0.1) is 0 Å². The van der Waals surface area contributed by atoms with Gasteiger partial charge in [-0.05, 0) is 43.6 Å². The van der Waals surface area contributed by atoms with Crippen LogP contribution in [0.4, 0.5) is 0 Å². The average Bonchev–Trinajstić information content (AvgIpc) is 2.74. The number of halogens is 1. The molecule has 0 fully saturated rings. The molecule has 0 N–H and O–H groups in total. The smallest absolute Gasteiger partial charge is 0.229 e. The molecular weight excluding hydrogens is 254 g/mol. The summed E-state index contributed by atoms with van der Waals surface area (Å²) >= 11 is 5.63. The van der Waals surface area contributed by atoms with Crippen molar-refractivity contribution in [2.24, 2.45) is 0 Å². The number of aromatic nitrogens is 1. The van der Waals surface area contributed by atoms with E-state index in [1.807, 2.05) is 13.8 Å². The minimum absolute atomic E-state index is 0.0233. The van der Waals surface area contributed by atoms with Gasteiger partial charge in [0.05, 0.1) is 12.3 Å².